The highest BCUT2D eigenvalue weighted by molar-refractivity contribution is 5.70. The van der Waals surface area contributed by atoms with Gasteiger partial charge < -0.3 is 5.11 Å². The summed E-state index contributed by atoms with van der Waals surface area (Å²) in [6.45, 7) is 8.49. The van der Waals surface area contributed by atoms with E-state index >= 15 is 0 Å². The molecule has 0 amide bonds. The quantitative estimate of drug-likeness (QED) is 0.387. The third-order valence-corrected chi connectivity index (χ3v) is 3.60. The van der Waals surface area contributed by atoms with E-state index in [-0.39, 0.29) is 5.92 Å². The molecule has 0 aromatic carbocycles. The molecular formula is C18H32O2. The van der Waals surface area contributed by atoms with Crippen molar-refractivity contribution in [3.63, 3.8) is 0 Å². The lowest BCUT2D eigenvalue weighted by Gasteiger charge is -2.10. The molecule has 0 saturated heterocycles. The van der Waals surface area contributed by atoms with Crippen molar-refractivity contribution in [2.45, 2.75) is 79.1 Å². The van der Waals surface area contributed by atoms with Crippen molar-refractivity contribution in [3.05, 3.63) is 23.3 Å². The van der Waals surface area contributed by atoms with Crippen LogP contribution in [0.4, 0.5) is 0 Å². The lowest BCUT2D eigenvalue weighted by atomic mass is 9.96. The summed E-state index contributed by atoms with van der Waals surface area (Å²) in [5.74, 6) is -0.847. The Bertz CT molecular complexity index is 322. The number of carbonyl (C=O) groups is 1. The van der Waals surface area contributed by atoms with E-state index in [1.54, 1.807) is 0 Å². The molecular weight excluding hydrogens is 248 g/mol. The summed E-state index contributed by atoms with van der Waals surface area (Å²) in [6.07, 6.45) is 12.5. The molecule has 1 N–H and O–H groups in total. The normalized spacial score (nSPS) is 13.1. The van der Waals surface area contributed by atoms with Crippen LogP contribution in [-0.4, -0.2) is 11.1 Å². The number of rotatable bonds is 11. The maximum Gasteiger partial charge on any atom is 0.306 e. The SMILES string of the molecule is CCCCCCC(CC=C(C)CCC=C(C)C)C(=O)O. The van der Waals surface area contributed by atoms with Gasteiger partial charge in [-0.15, -0.1) is 0 Å². The van der Waals surface area contributed by atoms with Gasteiger partial charge in [0.15, 0.2) is 0 Å². The molecule has 0 aliphatic heterocycles. The van der Waals surface area contributed by atoms with Crippen molar-refractivity contribution in [1.29, 1.82) is 0 Å². The van der Waals surface area contributed by atoms with Crippen molar-refractivity contribution < 1.29 is 9.90 Å². The highest BCUT2D eigenvalue weighted by Crippen LogP contribution is 2.17. The number of aliphatic carboxylic acids is 1. The third kappa shape index (κ3) is 10.8. The van der Waals surface area contributed by atoms with Gasteiger partial charge in [0.1, 0.15) is 0 Å². The van der Waals surface area contributed by atoms with Crippen LogP contribution < -0.4 is 0 Å². The van der Waals surface area contributed by atoms with Gasteiger partial charge in [-0.05, 0) is 46.5 Å². The monoisotopic (exact) mass is 280 g/mol. The molecule has 0 aliphatic carbocycles. The minimum Gasteiger partial charge on any atom is -0.481 e. The Kier molecular flexibility index (Phi) is 11.1. The fraction of sp³-hybridized carbons (Fsp3) is 0.722. The first-order valence-electron chi connectivity index (χ1n) is 7.99. The van der Waals surface area contributed by atoms with Crippen LogP contribution in [0, 0.1) is 5.92 Å². The lowest BCUT2D eigenvalue weighted by molar-refractivity contribution is -0.141. The van der Waals surface area contributed by atoms with Crippen molar-refractivity contribution in [1.82, 2.24) is 0 Å². The van der Waals surface area contributed by atoms with Gasteiger partial charge in [-0.25, -0.2) is 0 Å². The van der Waals surface area contributed by atoms with Crippen LogP contribution in [-0.2, 0) is 4.79 Å². The summed E-state index contributed by atoms with van der Waals surface area (Å²) >= 11 is 0. The first kappa shape index (κ1) is 18.9. The van der Waals surface area contributed by atoms with Gasteiger partial charge in [-0.3, -0.25) is 4.79 Å². The fourth-order valence-electron chi connectivity index (χ4n) is 2.19. The highest BCUT2D eigenvalue weighted by Gasteiger charge is 2.15. The van der Waals surface area contributed by atoms with E-state index in [1.807, 2.05) is 0 Å². The van der Waals surface area contributed by atoms with Gasteiger partial charge in [-0.2, -0.15) is 0 Å². The Morgan fingerprint density at radius 2 is 1.80 bits per heavy atom. The molecule has 0 bridgehead atoms. The van der Waals surface area contributed by atoms with Crippen LogP contribution in [0.3, 0.4) is 0 Å². The summed E-state index contributed by atoms with van der Waals surface area (Å²) in [7, 11) is 0. The Hall–Kier alpha value is -1.05. The maximum absolute atomic E-state index is 11.2. The average molecular weight is 280 g/mol. The van der Waals surface area contributed by atoms with Gasteiger partial charge in [0, 0.05) is 0 Å². The molecule has 0 aromatic heterocycles. The average Bonchev–Trinajstić information content (AvgIpc) is 2.37. The molecule has 0 fully saturated rings. The summed E-state index contributed by atoms with van der Waals surface area (Å²) < 4.78 is 0. The van der Waals surface area contributed by atoms with Crippen LogP contribution in [0.5, 0.6) is 0 Å². The lowest BCUT2D eigenvalue weighted by Crippen LogP contribution is -2.12. The molecule has 0 spiro atoms. The van der Waals surface area contributed by atoms with Crippen LogP contribution >= 0.6 is 0 Å². The van der Waals surface area contributed by atoms with E-state index in [2.05, 4.69) is 39.8 Å². The predicted molar refractivity (Wildman–Crippen MR) is 86.9 cm³/mol. The molecule has 0 heterocycles. The van der Waals surface area contributed by atoms with E-state index in [0.29, 0.717) is 6.42 Å². The van der Waals surface area contributed by atoms with Crippen LogP contribution in [0.15, 0.2) is 23.3 Å². The number of hydrogen-bond donors (Lipinski definition) is 1. The first-order chi connectivity index (χ1) is 9.47. The number of allylic oxidation sites excluding steroid dienone is 4. The molecule has 2 nitrogen and oxygen atoms in total. The van der Waals surface area contributed by atoms with Crippen LogP contribution in [0.25, 0.3) is 0 Å². The Balaban J connectivity index is 4.10. The minimum atomic E-state index is -0.644. The van der Waals surface area contributed by atoms with Gasteiger partial charge in [0.05, 0.1) is 5.92 Å². The standard InChI is InChI=1S/C18H32O2/c1-5-6-7-8-12-17(18(19)20)14-13-16(4)11-9-10-15(2)3/h10,13,17H,5-9,11-12,14H2,1-4H3,(H,19,20). The zero-order valence-corrected chi connectivity index (χ0v) is 13.7. The van der Waals surface area contributed by atoms with Crippen LogP contribution in [0.1, 0.15) is 79.1 Å². The van der Waals surface area contributed by atoms with Crippen molar-refractivity contribution in [2.75, 3.05) is 0 Å². The molecule has 1 atom stereocenters. The number of carboxylic acid groups (broad SMARTS) is 1. The first-order valence-corrected chi connectivity index (χ1v) is 7.99. The van der Waals surface area contributed by atoms with Crippen molar-refractivity contribution in [3.8, 4) is 0 Å². The van der Waals surface area contributed by atoms with Gasteiger partial charge in [-0.1, -0.05) is 55.9 Å². The summed E-state index contributed by atoms with van der Waals surface area (Å²) in [5, 5.41) is 9.25. The van der Waals surface area contributed by atoms with E-state index in [9.17, 15) is 9.90 Å². The molecule has 0 aromatic rings. The summed E-state index contributed by atoms with van der Waals surface area (Å²) in [6, 6.07) is 0. The van der Waals surface area contributed by atoms with Gasteiger partial charge in [0.25, 0.3) is 0 Å². The number of hydrogen-bond acceptors (Lipinski definition) is 1. The van der Waals surface area contributed by atoms with E-state index in [1.165, 1.54) is 24.0 Å². The molecule has 0 aliphatic rings. The predicted octanol–water partition coefficient (Wildman–Crippen LogP) is 5.74. The maximum atomic E-state index is 11.2. The molecule has 0 rings (SSSR count). The minimum absolute atomic E-state index is 0.203. The second kappa shape index (κ2) is 11.7. The molecule has 20 heavy (non-hydrogen) atoms. The third-order valence-electron chi connectivity index (χ3n) is 3.60. The Morgan fingerprint density at radius 3 is 2.35 bits per heavy atom. The Morgan fingerprint density at radius 1 is 1.10 bits per heavy atom. The van der Waals surface area contributed by atoms with Gasteiger partial charge in [0.2, 0.25) is 0 Å². The second-order valence-corrected chi connectivity index (χ2v) is 5.99. The van der Waals surface area contributed by atoms with Gasteiger partial charge >= 0.3 is 5.97 Å². The smallest absolute Gasteiger partial charge is 0.306 e. The fourth-order valence-corrected chi connectivity index (χ4v) is 2.19. The van der Waals surface area contributed by atoms with Crippen molar-refractivity contribution in [2.24, 2.45) is 5.92 Å². The van der Waals surface area contributed by atoms with Crippen LogP contribution in [0.2, 0.25) is 0 Å². The molecule has 0 saturated carbocycles. The summed E-state index contributed by atoms with van der Waals surface area (Å²) in [5.41, 5.74) is 2.65. The zero-order valence-electron chi connectivity index (χ0n) is 13.7. The van der Waals surface area contributed by atoms with E-state index in [0.717, 1.165) is 32.1 Å². The topological polar surface area (TPSA) is 37.3 Å². The zero-order chi connectivity index (χ0) is 15.4. The number of carboxylic acids is 1. The van der Waals surface area contributed by atoms with Crippen molar-refractivity contribution >= 4 is 5.97 Å². The Labute approximate surface area is 125 Å². The largest absolute Gasteiger partial charge is 0.481 e. The second-order valence-electron chi connectivity index (χ2n) is 5.99. The molecule has 0 radical (unpaired) electrons. The molecule has 1 unspecified atom stereocenters. The summed E-state index contributed by atoms with van der Waals surface area (Å²) in [4.78, 5) is 11.2. The highest BCUT2D eigenvalue weighted by atomic mass is 16.4. The van der Waals surface area contributed by atoms with E-state index < -0.39 is 5.97 Å². The number of unbranched alkanes of at least 4 members (excludes halogenated alkanes) is 3. The molecule has 116 valence electrons. The molecule has 2 heteroatoms. The van der Waals surface area contributed by atoms with E-state index in [4.69, 9.17) is 0 Å².